The third-order valence-electron chi connectivity index (χ3n) is 3.21. The van der Waals surface area contributed by atoms with Crippen LogP contribution in [0.1, 0.15) is 48.8 Å². The second kappa shape index (κ2) is 6.18. The standard InChI is InChI=1S/C15H18N2O3S2/c1-8-9(2)21-14(16-8)15(3,4)17-12(18)10-6-7-11(22-10)13(19)20-5/h6-7H,1-5H3,(H,17,18). The Hall–Kier alpha value is -1.73. The Labute approximate surface area is 137 Å². The number of hydrogen-bond donors (Lipinski definition) is 1. The SMILES string of the molecule is COC(=O)c1ccc(C(=O)NC(C)(C)c2nc(C)c(C)s2)s1. The lowest BCUT2D eigenvalue weighted by Crippen LogP contribution is -2.40. The zero-order valence-corrected chi connectivity index (χ0v) is 14.8. The number of aryl methyl sites for hydroxylation is 2. The number of nitrogens with one attached hydrogen (secondary N) is 1. The maximum Gasteiger partial charge on any atom is 0.348 e. The minimum absolute atomic E-state index is 0.226. The van der Waals surface area contributed by atoms with Gasteiger partial charge in [-0.3, -0.25) is 4.79 Å². The van der Waals surface area contributed by atoms with Gasteiger partial charge in [-0.25, -0.2) is 9.78 Å². The molecule has 0 aromatic carbocycles. The molecule has 0 spiro atoms. The van der Waals surface area contributed by atoms with Gasteiger partial charge in [0.05, 0.1) is 23.2 Å². The van der Waals surface area contributed by atoms with Crippen LogP contribution in [0.25, 0.3) is 0 Å². The van der Waals surface area contributed by atoms with E-state index in [9.17, 15) is 9.59 Å². The zero-order chi connectivity index (χ0) is 16.5. The average Bonchev–Trinajstić information content (AvgIpc) is 3.06. The molecule has 2 aromatic rings. The second-order valence-electron chi connectivity index (χ2n) is 5.40. The topological polar surface area (TPSA) is 68.3 Å². The summed E-state index contributed by atoms with van der Waals surface area (Å²) in [5, 5.41) is 3.83. The number of carbonyl (C=O) groups is 2. The first-order valence-electron chi connectivity index (χ1n) is 6.70. The maximum atomic E-state index is 12.4. The molecule has 1 N–H and O–H groups in total. The van der Waals surface area contributed by atoms with Crippen LogP contribution in [0, 0.1) is 13.8 Å². The van der Waals surface area contributed by atoms with Crippen LogP contribution in [0.4, 0.5) is 0 Å². The van der Waals surface area contributed by atoms with E-state index >= 15 is 0 Å². The molecule has 1 amide bonds. The number of amides is 1. The fourth-order valence-corrected chi connectivity index (χ4v) is 3.60. The van der Waals surface area contributed by atoms with Crippen LogP contribution in [-0.2, 0) is 10.3 Å². The molecular formula is C15H18N2O3S2. The Balaban J connectivity index is 2.16. The minimum atomic E-state index is -0.573. The molecule has 22 heavy (non-hydrogen) atoms. The van der Waals surface area contributed by atoms with E-state index in [1.807, 2.05) is 27.7 Å². The van der Waals surface area contributed by atoms with Crippen molar-refractivity contribution in [3.05, 3.63) is 37.5 Å². The first-order valence-corrected chi connectivity index (χ1v) is 8.33. The smallest absolute Gasteiger partial charge is 0.348 e. The van der Waals surface area contributed by atoms with E-state index in [1.54, 1.807) is 23.5 Å². The lowest BCUT2D eigenvalue weighted by atomic mass is 10.1. The van der Waals surface area contributed by atoms with Gasteiger partial charge >= 0.3 is 5.97 Å². The summed E-state index contributed by atoms with van der Waals surface area (Å²) in [6, 6.07) is 3.22. The van der Waals surface area contributed by atoms with Crippen LogP contribution >= 0.6 is 22.7 Å². The number of thiazole rings is 1. The predicted molar refractivity (Wildman–Crippen MR) is 87.7 cm³/mol. The highest BCUT2D eigenvalue weighted by Gasteiger charge is 2.28. The molecule has 2 rings (SSSR count). The van der Waals surface area contributed by atoms with Crippen molar-refractivity contribution in [2.24, 2.45) is 0 Å². The molecule has 118 valence electrons. The molecule has 0 bridgehead atoms. The van der Waals surface area contributed by atoms with Crippen LogP contribution in [0.2, 0.25) is 0 Å². The number of carbonyl (C=O) groups excluding carboxylic acids is 2. The monoisotopic (exact) mass is 338 g/mol. The van der Waals surface area contributed by atoms with Crippen molar-refractivity contribution in [2.75, 3.05) is 7.11 Å². The van der Waals surface area contributed by atoms with E-state index in [0.717, 1.165) is 26.9 Å². The van der Waals surface area contributed by atoms with Crippen LogP contribution in [0.3, 0.4) is 0 Å². The average molecular weight is 338 g/mol. The van der Waals surface area contributed by atoms with Crippen LogP contribution in [0.5, 0.6) is 0 Å². The molecule has 0 atom stereocenters. The summed E-state index contributed by atoms with van der Waals surface area (Å²) in [4.78, 5) is 30.3. The number of nitrogens with zero attached hydrogens (tertiary/aromatic N) is 1. The molecule has 2 aromatic heterocycles. The molecule has 0 aliphatic rings. The highest BCUT2D eigenvalue weighted by Crippen LogP contribution is 2.28. The number of hydrogen-bond acceptors (Lipinski definition) is 6. The maximum absolute atomic E-state index is 12.4. The summed E-state index contributed by atoms with van der Waals surface area (Å²) in [5.41, 5.74) is 0.405. The molecule has 2 heterocycles. The number of methoxy groups -OCH3 is 1. The molecule has 7 heteroatoms. The largest absolute Gasteiger partial charge is 0.465 e. The summed E-state index contributed by atoms with van der Waals surface area (Å²) >= 11 is 2.69. The van der Waals surface area contributed by atoms with Gasteiger partial charge in [-0.1, -0.05) is 0 Å². The molecule has 5 nitrogen and oxygen atoms in total. The van der Waals surface area contributed by atoms with Crippen molar-refractivity contribution in [1.82, 2.24) is 10.3 Å². The summed E-state index contributed by atoms with van der Waals surface area (Å²) < 4.78 is 4.65. The van der Waals surface area contributed by atoms with E-state index in [4.69, 9.17) is 0 Å². The highest BCUT2D eigenvalue weighted by molar-refractivity contribution is 7.15. The van der Waals surface area contributed by atoms with Gasteiger partial charge in [0.1, 0.15) is 9.88 Å². The van der Waals surface area contributed by atoms with E-state index in [1.165, 1.54) is 7.11 Å². The molecule has 0 radical (unpaired) electrons. The van der Waals surface area contributed by atoms with Crippen molar-refractivity contribution in [2.45, 2.75) is 33.2 Å². The summed E-state index contributed by atoms with van der Waals surface area (Å²) in [5.74, 6) is -0.662. The second-order valence-corrected chi connectivity index (χ2v) is 7.68. The third-order valence-corrected chi connectivity index (χ3v) is 5.67. The van der Waals surface area contributed by atoms with Gasteiger partial charge in [0.2, 0.25) is 0 Å². The Morgan fingerprint density at radius 2 is 1.82 bits per heavy atom. The van der Waals surface area contributed by atoms with Crippen molar-refractivity contribution in [3.8, 4) is 0 Å². The molecule has 0 aliphatic heterocycles. The lowest BCUT2D eigenvalue weighted by Gasteiger charge is -2.23. The first kappa shape index (κ1) is 16.6. The first-order chi connectivity index (χ1) is 10.2. The van der Waals surface area contributed by atoms with Crippen molar-refractivity contribution in [1.29, 1.82) is 0 Å². The zero-order valence-electron chi connectivity index (χ0n) is 13.1. The van der Waals surface area contributed by atoms with Crippen LogP contribution in [-0.4, -0.2) is 24.0 Å². The molecule has 0 saturated heterocycles. The van der Waals surface area contributed by atoms with E-state index in [-0.39, 0.29) is 5.91 Å². The number of ether oxygens (including phenoxy) is 1. The summed E-state index contributed by atoms with van der Waals surface area (Å²) in [6.07, 6.45) is 0. The van der Waals surface area contributed by atoms with Gasteiger partial charge in [-0.2, -0.15) is 0 Å². The Kier molecular flexibility index (Phi) is 4.67. The number of esters is 1. The highest BCUT2D eigenvalue weighted by atomic mass is 32.1. The normalized spacial score (nSPS) is 11.3. The van der Waals surface area contributed by atoms with Gasteiger partial charge in [-0.15, -0.1) is 22.7 Å². The number of thiophene rings is 1. The lowest BCUT2D eigenvalue weighted by molar-refractivity contribution is 0.0606. The van der Waals surface area contributed by atoms with Crippen LogP contribution < -0.4 is 5.32 Å². The minimum Gasteiger partial charge on any atom is -0.465 e. The number of rotatable bonds is 4. The number of aromatic nitrogens is 1. The molecule has 0 aliphatic carbocycles. The van der Waals surface area contributed by atoms with Gasteiger partial charge in [-0.05, 0) is 39.8 Å². The van der Waals surface area contributed by atoms with Gasteiger partial charge in [0.15, 0.2) is 0 Å². The predicted octanol–water partition coefficient (Wildman–Crippen LogP) is 3.27. The molecule has 0 unspecified atom stereocenters. The van der Waals surface area contributed by atoms with Gasteiger partial charge in [0.25, 0.3) is 5.91 Å². The van der Waals surface area contributed by atoms with Gasteiger partial charge < -0.3 is 10.1 Å². The quantitative estimate of drug-likeness (QED) is 0.869. The van der Waals surface area contributed by atoms with Gasteiger partial charge in [0, 0.05) is 4.88 Å². The van der Waals surface area contributed by atoms with E-state index in [0.29, 0.717) is 9.75 Å². The third kappa shape index (κ3) is 3.36. The van der Waals surface area contributed by atoms with Crippen molar-refractivity contribution < 1.29 is 14.3 Å². The summed E-state index contributed by atoms with van der Waals surface area (Å²) in [6.45, 7) is 7.79. The Morgan fingerprint density at radius 3 is 2.36 bits per heavy atom. The molecule has 0 saturated carbocycles. The Bertz CT molecular complexity index is 697. The Morgan fingerprint density at radius 1 is 1.18 bits per heavy atom. The fourth-order valence-electron chi connectivity index (χ4n) is 1.81. The summed E-state index contributed by atoms with van der Waals surface area (Å²) in [7, 11) is 1.32. The van der Waals surface area contributed by atoms with E-state index < -0.39 is 11.5 Å². The molecular weight excluding hydrogens is 320 g/mol. The van der Waals surface area contributed by atoms with Crippen molar-refractivity contribution in [3.63, 3.8) is 0 Å². The fraction of sp³-hybridized carbons (Fsp3) is 0.400. The van der Waals surface area contributed by atoms with Crippen molar-refractivity contribution >= 4 is 34.6 Å². The molecule has 0 fully saturated rings. The van der Waals surface area contributed by atoms with Crippen LogP contribution in [0.15, 0.2) is 12.1 Å². The van der Waals surface area contributed by atoms with E-state index in [2.05, 4.69) is 15.0 Å².